The molecule has 0 aliphatic rings. The summed E-state index contributed by atoms with van der Waals surface area (Å²) in [4.78, 5) is 16.8. The predicted octanol–water partition coefficient (Wildman–Crippen LogP) is 5.73. The quantitative estimate of drug-likeness (QED) is 0.630. The summed E-state index contributed by atoms with van der Waals surface area (Å²) in [5.41, 5.74) is 4.51. The summed E-state index contributed by atoms with van der Waals surface area (Å²) in [6.07, 6.45) is 0. The lowest BCUT2D eigenvalue weighted by molar-refractivity contribution is 0.262. The van der Waals surface area contributed by atoms with Crippen LogP contribution in [0.1, 0.15) is 31.0 Å². The fraction of sp³-hybridized carbons (Fsp3) is 0.200. The normalized spacial score (nSPS) is 10.4. The molecular weight excluding hydrogens is 334 g/mol. The van der Waals surface area contributed by atoms with Gasteiger partial charge in [0.05, 0.1) is 11.2 Å². The number of benzene rings is 2. The van der Waals surface area contributed by atoms with Gasteiger partial charge in [0.1, 0.15) is 0 Å². The zero-order valence-electron chi connectivity index (χ0n) is 14.5. The molecule has 3 rings (SSSR count). The van der Waals surface area contributed by atoms with E-state index in [-0.39, 0.29) is 18.4 Å². The number of rotatable bonds is 3. The molecule has 0 fully saturated rings. The van der Waals surface area contributed by atoms with Crippen molar-refractivity contribution in [1.82, 2.24) is 4.98 Å². The molecule has 4 nitrogen and oxygen atoms in total. The molecule has 0 aliphatic heterocycles. The van der Waals surface area contributed by atoms with Crippen LogP contribution in [0.25, 0.3) is 10.9 Å². The van der Waals surface area contributed by atoms with Crippen LogP contribution in [0.2, 0.25) is 0 Å². The van der Waals surface area contributed by atoms with Gasteiger partial charge in [-0.25, -0.2) is 4.79 Å². The molecule has 0 atom stereocenters. The average molecular weight is 356 g/mol. The third-order valence-electron chi connectivity index (χ3n) is 3.93. The van der Waals surface area contributed by atoms with E-state index in [1.165, 1.54) is 5.56 Å². The summed E-state index contributed by atoms with van der Waals surface area (Å²) in [5.74, 6) is 0.471. The largest absolute Gasteiger partial charge is 0.323 e. The van der Waals surface area contributed by atoms with E-state index in [0.29, 0.717) is 5.92 Å². The van der Waals surface area contributed by atoms with Gasteiger partial charge in [0.15, 0.2) is 0 Å². The van der Waals surface area contributed by atoms with E-state index in [9.17, 15) is 4.79 Å². The van der Waals surface area contributed by atoms with Crippen molar-refractivity contribution < 1.29 is 4.79 Å². The number of aryl methyl sites for hydroxylation is 1. The van der Waals surface area contributed by atoms with Crippen LogP contribution in [0, 0.1) is 6.92 Å². The first kappa shape index (κ1) is 18.7. The van der Waals surface area contributed by atoms with Gasteiger partial charge in [-0.05, 0) is 42.7 Å². The molecule has 3 aromatic rings. The van der Waals surface area contributed by atoms with Crippen molar-refractivity contribution in [3.8, 4) is 0 Å². The molecule has 25 heavy (non-hydrogen) atoms. The Bertz CT molecular complexity index is 876. The number of urea groups is 1. The molecule has 0 aliphatic carbocycles. The number of nitrogens with one attached hydrogen (secondary N) is 2. The number of fused-ring (bicyclic) bond motifs is 1. The number of amides is 2. The summed E-state index contributed by atoms with van der Waals surface area (Å²) in [6, 6.07) is 17.3. The summed E-state index contributed by atoms with van der Waals surface area (Å²) in [6.45, 7) is 6.21. The lowest BCUT2D eigenvalue weighted by Gasteiger charge is -2.12. The van der Waals surface area contributed by atoms with Crippen LogP contribution in [0.5, 0.6) is 0 Å². The second-order valence-corrected chi connectivity index (χ2v) is 6.18. The number of para-hydroxylation sites is 1. The Balaban J connectivity index is 0.00000225. The molecule has 1 heterocycles. The van der Waals surface area contributed by atoms with Crippen LogP contribution in [0.15, 0.2) is 54.6 Å². The van der Waals surface area contributed by atoms with E-state index < -0.39 is 0 Å². The van der Waals surface area contributed by atoms with Gasteiger partial charge in [0, 0.05) is 16.8 Å². The Morgan fingerprint density at radius 2 is 1.68 bits per heavy atom. The first-order chi connectivity index (χ1) is 11.5. The molecule has 1 aromatic heterocycles. The zero-order chi connectivity index (χ0) is 17.1. The maximum atomic E-state index is 12.3. The van der Waals surface area contributed by atoms with E-state index >= 15 is 0 Å². The molecule has 2 amide bonds. The van der Waals surface area contributed by atoms with Gasteiger partial charge < -0.3 is 10.6 Å². The Labute approximate surface area is 154 Å². The Morgan fingerprint density at radius 1 is 1.00 bits per heavy atom. The van der Waals surface area contributed by atoms with Crippen LogP contribution < -0.4 is 10.6 Å². The molecule has 0 spiro atoms. The van der Waals surface area contributed by atoms with Crippen molar-refractivity contribution in [1.29, 1.82) is 0 Å². The molecule has 2 N–H and O–H groups in total. The highest BCUT2D eigenvalue weighted by molar-refractivity contribution is 6.05. The van der Waals surface area contributed by atoms with E-state index in [1.54, 1.807) is 0 Å². The summed E-state index contributed by atoms with van der Waals surface area (Å²) in [5, 5.41) is 6.72. The first-order valence-corrected chi connectivity index (χ1v) is 8.07. The van der Waals surface area contributed by atoms with E-state index in [0.717, 1.165) is 28.0 Å². The minimum Gasteiger partial charge on any atom is -0.308 e. The first-order valence-electron chi connectivity index (χ1n) is 8.07. The number of carbonyl (C=O) groups is 1. The Kier molecular flexibility index (Phi) is 5.99. The number of carbonyl (C=O) groups excluding carboxylic acids is 1. The third-order valence-corrected chi connectivity index (χ3v) is 3.93. The summed E-state index contributed by atoms with van der Waals surface area (Å²) in [7, 11) is 0. The number of aromatic nitrogens is 1. The number of hydrogen-bond acceptors (Lipinski definition) is 2. The van der Waals surface area contributed by atoms with Crippen LogP contribution in [-0.2, 0) is 0 Å². The molecule has 130 valence electrons. The van der Waals surface area contributed by atoms with Gasteiger partial charge >= 0.3 is 6.03 Å². The second-order valence-electron chi connectivity index (χ2n) is 6.18. The molecule has 0 saturated carbocycles. The van der Waals surface area contributed by atoms with Crippen molar-refractivity contribution >= 4 is 40.7 Å². The molecule has 5 heteroatoms. The molecular formula is C20H22ClN3O. The number of hydrogen-bond donors (Lipinski definition) is 2. The van der Waals surface area contributed by atoms with Crippen LogP contribution in [0.3, 0.4) is 0 Å². The fourth-order valence-electron chi connectivity index (χ4n) is 2.65. The number of halogens is 1. The maximum absolute atomic E-state index is 12.3. The van der Waals surface area contributed by atoms with E-state index in [4.69, 9.17) is 0 Å². The number of pyridine rings is 1. The van der Waals surface area contributed by atoms with Crippen molar-refractivity contribution in [3.05, 3.63) is 65.9 Å². The molecule has 0 bridgehead atoms. The summed E-state index contributed by atoms with van der Waals surface area (Å²) >= 11 is 0. The van der Waals surface area contributed by atoms with Crippen molar-refractivity contribution in [2.45, 2.75) is 26.7 Å². The smallest absolute Gasteiger partial charge is 0.308 e. The van der Waals surface area contributed by atoms with E-state index in [2.05, 4.69) is 29.5 Å². The standard InChI is InChI=1S/C20H21N3O.ClH/c1-13(2)15-8-10-16(11-9-15)22-20(24)23-19-12-14(3)21-18-7-5-4-6-17(18)19;/h4-13H,1-3H3,(H2,21,22,23,24);1H. The minimum absolute atomic E-state index is 0. The Hall–Kier alpha value is -2.59. The predicted molar refractivity (Wildman–Crippen MR) is 107 cm³/mol. The van der Waals surface area contributed by atoms with Crippen molar-refractivity contribution in [2.75, 3.05) is 10.6 Å². The fourth-order valence-corrected chi connectivity index (χ4v) is 2.65. The van der Waals surface area contributed by atoms with Crippen LogP contribution in [-0.4, -0.2) is 11.0 Å². The SMILES string of the molecule is Cc1cc(NC(=O)Nc2ccc(C(C)C)cc2)c2ccccc2n1.Cl. The highest BCUT2D eigenvalue weighted by Crippen LogP contribution is 2.23. The maximum Gasteiger partial charge on any atom is 0.323 e. The van der Waals surface area contributed by atoms with Gasteiger partial charge in [-0.1, -0.05) is 44.2 Å². The molecule has 0 radical (unpaired) electrons. The van der Waals surface area contributed by atoms with Gasteiger partial charge in [0.2, 0.25) is 0 Å². The second kappa shape index (κ2) is 7.99. The number of anilines is 2. The lowest BCUT2D eigenvalue weighted by Crippen LogP contribution is -2.19. The summed E-state index contributed by atoms with van der Waals surface area (Å²) < 4.78 is 0. The van der Waals surface area contributed by atoms with Crippen molar-refractivity contribution in [3.63, 3.8) is 0 Å². The third kappa shape index (κ3) is 4.48. The zero-order valence-corrected chi connectivity index (χ0v) is 15.4. The van der Waals surface area contributed by atoms with Gasteiger partial charge in [-0.2, -0.15) is 0 Å². The topological polar surface area (TPSA) is 54.0 Å². The van der Waals surface area contributed by atoms with Gasteiger partial charge in [-0.15, -0.1) is 12.4 Å². The minimum atomic E-state index is -0.261. The highest BCUT2D eigenvalue weighted by atomic mass is 35.5. The molecule has 0 unspecified atom stereocenters. The molecule has 2 aromatic carbocycles. The van der Waals surface area contributed by atoms with E-state index in [1.807, 2.05) is 61.5 Å². The van der Waals surface area contributed by atoms with Gasteiger partial charge in [0.25, 0.3) is 0 Å². The number of nitrogens with zero attached hydrogens (tertiary/aromatic N) is 1. The monoisotopic (exact) mass is 355 g/mol. The van der Waals surface area contributed by atoms with Crippen LogP contribution in [0.4, 0.5) is 16.2 Å². The molecule has 0 saturated heterocycles. The Morgan fingerprint density at radius 3 is 2.36 bits per heavy atom. The average Bonchev–Trinajstić information content (AvgIpc) is 2.55. The van der Waals surface area contributed by atoms with Gasteiger partial charge in [-0.3, -0.25) is 4.98 Å². The van der Waals surface area contributed by atoms with Crippen LogP contribution >= 0.6 is 12.4 Å². The lowest BCUT2D eigenvalue weighted by atomic mass is 10.0. The van der Waals surface area contributed by atoms with Crippen molar-refractivity contribution in [2.24, 2.45) is 0 Å². The highest BCUT2D eigenvalue weighted by Gasteiger charge is 2.08.